The molecule has 1 aliphatic heterocycles. The van der Waals surface area contributed by atoms with Gasteiger partial charge in [0.25, 0.3) is 0 Å². The summed E-state index contributed by atoms with van der Waals surface area (Å²) < 4.78 is 24.4. The first-order valence-electron chi connectivity index (χ1n) is 10.3. The van der Waals surface area contributed by atoms with Gasteiger partial charge in [-0.05, 0) is 43.2 Å². The van der Waals surface area contributed by atoms with Crippen LogP contribution in [0.3, 0.4) is 0 Å². The summed E-state index contributed by atoms with van der Waals surface area (Å²) in [5.41, 5.74) is 2.61. The number of aliphatic imine (C=N–C) groups is 1. The Balaban J connectivity index is 1.64. The summed E-state index contributed by atoms with van der Waals surface area (Å²) in [6, 6.07) is 13.4. The molecule has 6 nitrogen and oxygen atoms in total. The third-order valence-corrected chi connectivity index (χ3v) is 5.13. The van der Waals surface area contributed by atoms with Gasteiger partial charge >= 0.3 is 0 Å². The summed E-state index contributed by atoms with van der Waals surface area (Å²) >= 11 is 0. The lowest BCUT2D eigenvalue weighted by atomic mass is 10.1. The average Bonchev–Trinajstić information content (AvgIpc) is 3.22. The third kappa shape index (κ3) is 5.63. The second kappa shape index (κ2) is 10.8. The molecule has 2 aromatic carbocycles. The van der Waals surface area contributed by atoms with Crippen molar-refractivity contribution in [2.75, 3.05) is 38.8 Å². The van der Waals surface area contributed by atoms with Crippen LogP contribution in [0, 0.1) is 5.82 Å². The van der Waals surface area contributed by atoms with Gasteiger partial charge in [-0.1, -0.05) is 18.2 Å². The fourth-order valence-corrected chi connectivity index (χ4v) is 3.66. The lowest BCUT2D eigenvalue weighted by Crippen LogP contribution is -2.44. The van der Waals surface area contributed by atoms with Crippen LogP contribution in [0.4, 0.5) is 10.1 Å². The van der Waals surface area contributed by atoms with Crippen molar-refractivity contribution in [1.82, 2.24) is 10.6 Å². The molecule has 1 fully saturated rings. The minimum absolute atomic E-state index is 0.253. The Morgan fingerprint density at radius 3 is 2.83 bits per heavy atom. The number of nitrogens with one attached hydrogen (secondary N) is 2. The zero-order chi connectivity index (χ0) is 21.3. The van der Waals surface area contributed by atoms with Gasteiger partial charge in [0.2, 0.25) is 0 Å². The van der Waals surface area contributed by atoms with Crippen molar-refractivity contribution < 1.29 is 13.9 Å². The molecule has 0 aromatic heterocycles. The fraction of sp³-hybridized carbons (Fsp3) is 0.435. The lowest BCUT2D eigenvalue weighted by Gasteiger charge is -2.22. The number of halogens is 1. The van der Waals surface area contributed by atoms with E-state index in [0.29, 0.717) is 12.1 Å². The zero-order valence-electron chi connectivity index (χ0n) is 18.0. The molecule has 1 heterocycles. The van der Waals surface area contributed by atoms with Gasteiger partial charge in [0.05, 0.1) is 25.9 Å². The summed E-state index contributed by atoms with van der Waals surface area (Å²) in [5, 5.41) is 6.84. The second-order valence-corrected chi connectivity index (χ2v) is 7.30. The second-order valence-electron chi connectivity index (χ2n) is 7.30. The Kier molecular flexibility index (Phi) is 7.90. The summed E-state index contributed by atoms with van der Waals surface area (Å²) in [7, 11) is 3.27. The number of hydrogen-bond acceptors (Lipinski definition) is 4. The van der Waals surface area contributed by atoms with E-state index in [4.69, 9.17) is 14.5 Å². The van der Waals surface area contributed by atoms with E-state index in [0.717, 1.165) is 49.0 Å². The lowest BCUT2D eigenvalue weighted by molar-refractivity contribution is 0.181. The molecule has 0 spiro atoms. The molecular weight excluding hydrogens is 383 g/mol. The fourth-order valence-electron chi connectivity index (χ4n) is 3.66. The molecule has 0 radical (unpaired) electrons. The Morgan fingerprint density at radius 2 is 2.07 bits per heavy atom. The highest BCUT2D eigenvalue weighted by Crippen LogP contribution is 2.30. The summed E-state index contributed by atoms with van der Waals surface area (Å²) in [6.07, 6.45) is 1.01. The van der Waals surface area contributed by atoms with Crippen LogP contribution in [0.15, 0.2) is 47.5 Å². The van der Waals surface area contributed by atoms with E-state index in [9.17, 15) is 4.39 Å². The number of ether oxygens (including phenoxy) is 2. The van der Waals surface area contributed by atoms with Crippen LogP contribution in [0.1, 0.15) is 24.5 Å². The highest BCUT2D eigenvalue weighted by molar-refractivity contribution is 5.80. The number of guanidine groups is 1. The third-order valence-electron chi connectivity index (χ3n) is 5.13. The van der Waals surface area contributed by atoms with Gasteiger partial charge in [-0.3, -0.25) is 0 Å². The molecule has 2 N–H and O–H groups in total. The van der Waals surface area contributed by atoms with E-state index in [2.05, 4.69) is 21.6 Å². The van der Waals surface area contributed by atoms with Crippen LogP contribution >= 0.6 is 0 Å². The zero-order valence-corrected chi connectivity index (χ0v) is 18.0. The van der Waals surface area contributed by atoms with Crippen LogP contribution in [-0.2, 0) is 17.9 Å². The largest absolute Gasteiger partial charge is 0.495 e. The van der Waals surface area contributed by atoms with Crippen LogP contribution < -0.4 is 20.3 Å². The normalized spacial score (nSPS) is 16.6. The highest BCUT2D eigenvalue weighted by Gasteiger charge is 2.25. The van der Waals surface area contributed by atoms with E-state index in [1.54, 1.807) is 20.3 Å². The summed E-state index contributed by atoms with van der Waals surface area (Å²) in [5.74, 6) is 1.40. The average molecular weight is 415 g/mol. The molecule has 1 atom stereocenters. The van der Waals surface area contributed by atoms with Crippen molar-refractivity contribution >= 4 is 11.6 Å². The van der Waals surface area contributed by atoms with Gasteiger partial charge in [0, 0.05) is 38.3 Å². The van der Waals surface area contributed by atoms with Gasteiger partial charge in [0.15, 0.2) is 5.96 Å². The van der Waals surface area contributed by atoms with Crippen LogP contribution in [0.2, 0.25) is 0 Å². The minimum atomic E-state index is -0.253. The molecule has 162 valence electrons. The van der Waals surface area contributed by atoms with Crippen molar-refractivity contribution in [1.29, 1.82) is 0 Å². The molecule has 0 aliphatic carbocycles. The quantitative estimate of drug-likeness (QED) is 0.513. The summed E-state index contributed by atoms with van der Waals surface area (Å²) in [6.45, 7) is 5.36. The molecule has 3 rings (SSSR count). The molecule has 0 bridgehead atoms. The Bertz CT molecular complexity index is 859. The molecule has 7 heteroatoms. The number of benzene rings is 2. The number of hydrogen-bond donors (Lipinski definition) is 2. The van der Waals surface area contributed by atoms with Crippen molar-refractivity contribution in [3.05, 3.63) is 59.4 Å². The monoisotopic (exact) mass is 414 g/mol. The predicted octanol–water partition coefficient (Wildman–Crippen LogP) is 3.31. The van der Waals surface area contributed by atoms with Gasteiger partial charge in [-0.2, -0.15) is 0 Å². The number of nitrogens with zero attached hydrogens (tertiary/aromatic N) is 2. The van der Waals surface area contributed by atoms with E-state index < -0.39 is 0 Å². The first-order valence-corrected chi connectivity index (χ1v) is 10.3. The van der Waals surface area contributed by atoms with Gasteiger partial charge < -0.3 is 25.0 Å². The van der Waals surface area contributed by atoms with Gasteiger partial charge in [-0.15, -0.1) is 0 Å². The standard InChI is InChI=1S/C23H31FN4O2/c1-4-25-23(26-14-17-9-10-20(24)18(13-17)16-29-2)27-19-11-12-28(15-19)21-7-5-6-8-22(21)30-3/h5-10,13,19H,4,11-12,14-16H2,1-3H3,(H2,25,26,27). The smallest absolute Gasteiger partial charge is 0.191 e. The van der Waals surface area contributed by atoms with Gasteiger partial charge in [-0.25, -0.2) is 9.38 Å². The predicted molar refractivity (Wildman–Crippen MR) is 119 cm³/mol. The number of methoxy groups -OCH3 is 2. The molecule has 2 aromatic rings. The van der Waals surface area contributed by atoms with Crippen LogP contribution in [-0.4, -0.2) is 45.9 Å². The maximum absolute atomic E-state index is 13.8. The van der Waals surface area contributed by atoms with Gasteiger partial charge in [0.1, 0.15) is 11.6 Å². The van der Waals surface area contributed by atoms with E-state index in [1.165, 1.54) is 6.07 Å². The number of anilines is 1. The maximum Gasteiger partial charge on any atom is 0.191 e. The summed E-state index contributed by atoms with van der Waals surface area (Å²) in [4.78, 5) is 7.03. The van der Waals surface area contributed by atoms with Crippen molar-refractivity contribution in [3.8, 4) is 5.75 Å². The molecule has 1 unspecified atom stereocenters. The van der Waals surface area contributed by atoms with Crippen LogP contribution in [0.5, 0.6) is 5.75 Å². The first kappa shape index (κ1) is 21.9. The van der Waals surface area contributed by atoms with Crippen molar-refractivity contribution in [2.24, 2.45) is 4.99 Å². The SMILES string of the molecule is CCNC(=NCc1ccc(F)c(COC)c1)NC1CCN(c2ccccc2OC)C1. The van der Waals surface area contributed by atoms with E-state index in [1.807, 2.05) is 31.2 Å². The van der Waals surface area contributed by atoms with Crippen molar-refractivity contribution in [2.45, 2.75) is 32.5 Å². The molecule has 1 saturated heterocycles. The van der Waals surface area contributed by atoms with Crippen LogP contribution in [0.25, 0.3) is 0 Å². The first-order chi connectivity index (χ1) is 14.6. The number of para-hydroxylation sites is 2. The van der Waals surface area contributed by atoms with Crippen molar-refractivity contribution in [3.63, 3.8) is 0 Å². The highest BCUT2D eigenvalue weighted by atomic mass is 19.1. The van der Waals surface area contributed by atoms with E-state index in [-0.39, 0.29) is 18.5 Å². The minimum Gasteiger partial charge on any atom is -0.495 e. The topological polar surface area (TPSA) is 58.1 Å². The molecule has 1 aliphatic rings. The maximum atomic E-state index is 13.8. The Morgan fingerprint density at radius 1 is 1.23 bits per heavy atom. The number of rotatable bonds is 8. The molecule has 0 saturated carbocycles. The Labute approximate surface area is 178 Å². The molecule has 30 heavy (non-hydrogen) atoms. The van der Waals surface area contributed by atoms with E-state index >= 15 is 0 Å². The molecular formula is C23H31FN4O2. The molecule has 0 amide bonds. The Hall–Kier alpha value is -2.80.